The summed E-state index contributed by atoms with van der Waals surface area (Å²) in [6, 6.07) is 1.87. The smallest absolute Gasteiger partial charge is 0.308 e. The summed E-state index contributed by atoms with van der Waals surface area (Å²) in [5, 5.41) is 14.0. The number of aromatic nitrogens is 3. The van der Waals surface area contributed by atoms with Crippen LogP contribution >= 0.6 is 0 Å². The molecule has 96 valence electrons. The van der Waals surface area contributed by atoms with Crippen molar-refractivity contribution >= 4 is 22.7 Å². The fourth-order valence-electron chi connectivity index (χ4n) is 1.95. The van der Waals surface area contributed by atoms with Crippen LogP contribution in [0.25, 0.3) is 11.0 Å². The Balaban J connectivity index is 2.33. The van der Waals surface area contributed by atoms with Gasteiger partial charge < -0.3 is 10.0 Å². The number of aliphatic carboxylic acids is 1. The van der Waals surface area contributed by atoms with E-state index < -0.39 is 11.9 Å². The van der Waals surface area contributed by atoms with Gasteiger partial charge in [-0.05, 0) is 6.07 Å². The highest BCUT2D eigenvalue weighted by Gasteiger charge is 2.16. The van der Waals surface area contributed by atoms with Crippen molar-refractivity contribution in [2.75, 3.05) is 18.5 Å². The number of nitrogens with zero attached hydrogens (tertiary/aromatic N) is 4. The van der Waals surface area contributed by atoms with Gasteiger partial charge in [-0.1, -0.05) is 6.92 Å². The van der Waals surface area contributed by atoms with Crippen molar-refractivity contribution in [3.05, 3.63) is 18.5 Å². The van der Waals surface area contributed by atoms with Crippen LogP contribution in [-0.4, -0.2) is 39.4 Å². The molecule has 0 bridgehead atoms. The van der Waals surface area contributed by atoms with Crippen LogP contribution in [0.5, 0.6) is 0 Å². The molecule has 18 heavy (non-hydrogen) atoms. The van der Waals surface area contributed by atoms with E-state index in [1.165, 1.54) is 0 Å². The van der Waals surface area contributed by atoms with Gasteiger partial charge in [0.15, 0.2) is 5.65 Å². The fourth-order valence-corrected chi connectivity index (χ4v) is 1.95. The molecule has 1 N–H and O–H groups in total. The molecule has 1 unspecified atom stereocenters. The maximum absolute atomic E-state index is 10.9. The van der Waals surface area contributed by atoms with E-state index in [1.54, 1.807) is 24.0 Å². The summed E-state index contributed by atoms with van der Waals surface area (Å²) in [5.74, 6) is -1.21. The lowest BCUT2D eigenvalue weighted by atomic mass is 10.1. The number of rotatable bonds is 4. The number of carbonyl (C=O) groups is 1. The number of anilines is 1. The number of hydrogen-bond acceptors (Lipinski definition) is 4. The lowest BCUT2D eigenvalue weighted by Crippen LogP contribution is -2.28. The van der Waals surface area contributed by atoms with E-state index in [1.807, 2.05) is 25.1 Å². The Morgan fingerprint density at radius 1 is 1.61 bits per heavy atom. The molecule has 6 nitrogen and oxygen atoms in total. The Morgan fingerprint density at radius 2 is 2.33 bits per heavy atom. The SMILES string of the molecule is CC(CN(C)c1ccnc2c1cnn2C)C(=O)O. The average molecular weight is 248 g/mol. The molecule has 0 aliphatic carbocycles. The van der Waals surface area contributed by atoms with Crippen LogP contribution in [0.2, 0.25) is 0 Å². The highest BCUT2D eigenvalue weighted by Crippen LogP contribution is 2.24. The predicted octanol–water partition coefficient (Wildman–Crippen LogP) is 1.13. The van der Waals surface area contributed by atoms with Gasteiger partial charge in [-0.25, -0.2) is 4.98 Å². The quantitative estimate of drug-likeness (QED) is 0.878. The second kappa shape index (κ2) is 4.64. The minimum atomic E-state index is -0.793. The second-order valence-corrected chi connectivity index (χ2v) is 4.46. The lowest BCUT2D eigenvalue weighted by Gasteiger charge is -2.21. The zero-order valence-electron chi connectivity index (χ0n) is 10.7. The maximum Gasteiger partial charge on any atom is 0.308 e. The van der Waals surface area contributed by atoms with Crippen molar-refractivity contribution in [2.45, 2.75) is 6.92 Å². The van der Waals surface area contributed by atoms with E-state index in [9.17, 15) is 4.79 Å². The molecule has 0 fully saturated rings. The van der Waals surface area contributed by atoms with Gasteiger partial charge in [0.2, 0.25) is 0 Å². The van der Waals surface area contributed by atoms with Gasteiger partial charge in [-0.15, -0.1) is 0 Å². The molecule has 0 aliphatic heterocycles. The molecule has 0 aromatic carbocycles. The first-order valence-corrected chi connectivity index (χ1v) is 5.71. The molecule has 0 spiro atoms. The number of hydrogen-bond donors (Lipinski definition) is 1. The van der Waals surface area contributed by atoms with Crippen LogP contribution < -0.4 is 4.90 Å². The van der Waals surface area contributed by atoms with Crippen LogP contribution in [0.1, 0.15) is 6.92 Å². The van der Waals surface area contributed by atoms with Crippen LogP contribution in [0.3, 0.4) is 0 Å². The summed E-state index contributed by atoms with van der Waals surface area (Å²) in [6.45, 7) is 2.14. The van der Waals surface area contributed by atoms with Gasteiger partial charge in [0.05, 0.1) is 23.2 Å². The van der Waals surface area contributed by atoms with Crippen molar-refractivity contribution in [1.29, 1.82) is 0 Å². The van der Waals surface area contributed by atoms with Crippen molar-refractivity contribution < 1.29 is 9.90 Å². The van der Waals surface area contributed by atoms with Crippen molar-refractivity contribution in [2.24, 2.45) is 13.0 Å². The Bertz CT molecular complexity index is 578. The third-order valence-corrected chi connectivity index (χ3v) is 2.99. The molecule has 2 rings (SSSR count). The number of carboxylic acid groups (broad SMARTS) is 1. The molecule has 0 saturated carbocycles. The van der Waals surface area contributed by atoms with E-state index in [0.29, 0.717) is 6.54 Å². The van der Waals surface area contributed by atoms with Gasteiger partial charge >= 0.3 is 5.97 Å². The molecule has 0 aliphatic rings. The molecular weight excluding hydrogens is 232 g/mol. The third kappa shape index (κ3) is 2.13. The number of aryl methyl sites for hydroxylation is 1. The second-order valence-electron chi connectivity index (χ2n) is 4.46. The topological polar surface area (TPSA) is 71.2 Å². The zero-order chi connectivity index (χ0) is 13.3. The lowest BCUT2D eigenvalue weighted by molar-refractivity contribution is -0.140. The van der Waals surface area contributed by atoms with Crippen LogP contribution in [-0.2, 0) is 11.8 Å². The molecular formula is C12H16N4O2. The Hall–Kier alpha value is -2.11. The molecule has 0 saturated heterocycles. The average Bonchev–Trinajstić information content (AvgIpc) is 2.71. The standard InChI is InChI=1S/C12H16N4O2/c1-8(12(17)18)7-15(2)10-4-5-13-11-9(10)6-14-16(11)3/h4-6,8H,7H2,1-3H3,(H,17,18). The summed E-state index contributed by atoms with van der Waals surface area (Å²) in [7, 11) is 3.71. The zero-order valence-corrected chi connectivity index (χ0v) is 10.7. The Labute approximate surface area is 105 Å². The first-order chi connectivity index (χ1) is 8.50. The summed E-state index contributed by atoms with van der Waals surface area (Å²) in [4.78, 5) is 17.1. The van der Waals surface area contributed by atoms with Gasteiger partial charge in [-0.2, -0.15) is 5.10 Å². The molecule has 0 amide bonds. The fraction of sp³-hybridized carbons (Fsp3) is 0.417. The van der Waals surface area contributed by atoms with Gasteiger partial charge in [0, 0.05) is 26.8 Å². The summed E-state index contributed by atoms with van der Waals surface area (Å²) >= 11 is 0. The minimum Gasteiger partial charge on any atom is -0.481 e. The van der Waals surface area contributed by atoms with Gasteiger partial charge in [0.25, 0.3) is 0 Å². The third-order valence-electron chi connectivity index (χ3n) is 2.99. The first-order valence-electron chi connectivity index (χ1n) is 5.71. The number of carboxylic acids is 1. The van der Waals surface area contributed by atoms with E-state index in [4.69, 9.17) is 5.11 Å². The Morgan fingerprint density at radius 3 is 3.00 bits per heavy atom. The number of fused-ring (bicyclic) bond motifs is 1. The van der Waals surface area contributed by atoms with Gasteiger partial charge in [-0.3, -0.25) is 9.48 Å². The summed E-state index contributed by atoms with van der Waals surface area (Å²) in [6.07, 6.45) is 3.46. The van der Waals surface area contributed by atoms with E-state index in [0.717, 1.165) is 16.7 Å². The molecule has 2 heterocycles. The van der Waals surface area contributed by atoms with Gasteiger partial charge in [0.1, 0.15) is 0 Å². The monoisotopic (exact) mass is 248 g/mol. The van der Waals surface area contributed by atoms with Crippen LogP contribution in [0, 0.1) is 5.92 Å². The molecule has 2 aromatic rings. The van der Waals surface area contributed by atoms with E-state index in [-0.39, 0.29) is 0 Å². The van der Waals surface area contributed by atoms with Crippen LogP contribution in [0.4, 0.5) is 5.69 Å². The molecule has 6 heteroatoms. The van der Waals surface area contributed by atoms with Crippen molar-refractivity contribution in [1.82, 2.24) is 14.8 Å². The molecule has 2 aromatic heterocycles. The minimum absolute atomic E-state index is 0.421. The molecule has 1 atom stereocenters. The summed E-state index contributed by atoms with van der Waals surface area (Å²) in [5.41, 5.74) is 1.74. The van der Waals surface area contributed by atoms with Crippen molar-refractivity contribution in [3.63, 3.8) is 0 Å². The highest BCUT2D eigenvalue weighted by molar-refractivity contribution is 5.89. The van der Waals surface area contributed by atoms with Crippen molar-refractivity contribution in [3.8, 4) is 0 Å². The predicted molar refractivity (Wildman–Crippen MR) is 68.6 cm³/mol. The first kappa shape index (κ1) is 12.3. The maximum atomic E-state index is 10.9. The largest absolute Gasteiger partial charge is 0.481 e. The van der Waals surface area contributed by atoms with E-state index >= 15 is 0 Å². The highest BCUT2D eigenvalue weighted by atomic mass is 16.4. The Kier molecular flexibility index (Phi) is 3.18. The number of pyridine rings is 1. The van der Waals surface area contributed by atoms with E-state index in [2.05, 4.69) is 10.1 Å². The van der Waals surface area contributed by atoms with Crippen LogP contribution in [0.15, 0.2) is 18.5 Å². The molecule has 0 radical (unpaired) electrons. The normalized spacial score (nSPS) is 12.6. The summed E-state index contributed by atoms with van der Waals surface area (Å²) < 4.78 is 1.70.